The molecular formula is C20H23N3O3. The van der Waals surface area contributed by atoms with Gasteiger partial charge in [0.25, 0.3) is 0 Å². The number of hydrogen-bond donors (Lipinski definition) is 2. The van der Waals surface area contributed by atoms with Gasteiger partial charge in [-0.2, -0.15) is 0 Å². The second-order valence-corrected chi connectivity index (χ2v) is 7.63. The molecule has 0 unspecified atom stereocenters. The summed E-state index contributed by atoms with van der Waals surface area (Å²) in [4.78, 5) is 2.21. The summed E-state index contributed by atoms with van der Waals surface area (Å²) in [6.45, 7) is 4.68. The van der Waals surface area contributed by atoms with Gasteiger partial charge in [0.05, 0.1) is 6.61 Å². The van der Waals surface area contributed by atoms with Crippen LogP contribution in [0.4, 0.5) is 11.4 Å². The van der Waals surface area contributed by atoms with Crippen LogP contribution in [0.15, 0.2) is 48.5 Å². The zero-order chi connectivity index (χ0) is 18.1. The Bertz CT molecular complexity index is 795. The number of benzene rings is 2. The average molecular weight is 353 g/mol. The van der Waals surface area contributed by atoms with E-state index in [1.54, 1.807) is 0 Å². The predicted octanol–water partition coefficient (Wildman–Crippen LogP) is 2.35. The van der Waals surface area contributed by atoms with Gasteiger partial charge >= 0.3 is 0 Å². The zero-order valence-corrected chi connectivity index (χ0v) is 14.9. The van der Waals surface area contributed by atoms with E-state index in [0.29, 0.717) is 6.61 Å². The van der Waals surface area contributed by atoms with Gasteiger partial charge in [0.2, 0.25) is 0 Å². The van der Waals surface area contributed by atoms with Gasteiger partial charge in [0.15, 0.2) is 0 Å². The molecule has 0 aliphatic carbocycles. The number of ether oxygens (including phenoxy) is 3. The minimum Gasteiger partial charge on any atom is -0.399 e. The molecule has 3 saturated heterocycles. The molecule has 3 aliphatic heterocycles. The number of anilines is 2. The molecule has 5 rings (SSSR count). The SMILES string of the molecule is C[C@@]1(c2ccc(N)cc2)O[C@H]2CO[C@@H]3N2[C@H]1O[C@]3(C)c1ccc(N)cc1. The van der Waals surface area contributed by atoms with E-state index in [1.807, 2.05) is 48.5 Å². The molecule has 0 aromatic heterocycles. The van der Waals surface area contributed by atoms with Crippen LogP contribution in [0.3, 0.4) is 0 Å². The summed E-state index contributed by atoms with van der Waals surface area (Å²) in [6.07, 6.45) is -0.564. The quantitative estimate of drug-likeness (QED) is 0.807. The number of nitrogens with two attached hydrogens (primary N) is 2. The van der Waals surface area contributed by atoms with Gasteiger partial charge in [-0.25, -0.2) is 4.90 Å². The van der Waals surface area contributed by atoms with E-state index in [0.717, 1.165) is 22.5 Å². The first-order valence-electron chi connectivity index (χ1n) is 8.88. The zero-order valence-electron chi connectivity index (χ0n) is 14.9. The molecule has 3 heterocycles. The highest BCUT2D eigenvalue weighted by Crippen LogP contribution is 2.55. The van der Waals surface area contributed by atoms with Gasteiger partial charge in [0.1, 0.15) is 29.9 Å². The van der Waals surface area contributed by atoms with Gasteiger partial charge in [-0.15, -0.1) is 0 Å². The van der Waals surface area contributed by atoms with Crippen LogP contribution >= 0.6 is 0 Å². The van der Waals surface area contributed by atoms with Crippen LogP contribution in [0.5, 0.6) is 0 Å². The van der Waals surface area contributed by atoms with Crippen molar-refractivity contribution in [2.24, 2.45) is 0 Å². The summed E-state index contributed by atoms with van der Waals surface area (Å²) in [5, 5.41) is 0. The lowest BCUT2D eigenvalue weighted by Crippen LogP contribution is -2.40. The van der Waals surface area contributed by atoms with Crippen LogP contribution in [-0.2, 0) is 25.4 Å². The minimum absolute atomic E-state index is 0.122. The first kappa shape index (κ1) is 16.1. The maximum Gasteiger partial charge on any atom is 0.149 e. The monoisotopic (exact) mass is 353 g/mol. The second kappa shape index (κ2) is 5.20. The summed E-state index contributed by atoms with van der Waals surface area (Å²) >= 11 is 0. The summed E-state index contributed by atoms with van der Waals surface area (Å²) < 4.78 is 19.1. The van der Waals surface area contributed by atoms with Gasteiger partial charge in [-0.3, -0.25) is 0 Å². The summed E-state index contributed by atoms with van der Waals surface area (Å²) in [7, 11) is 0. The van der Waals surface area contributed by atoms with Crippen LogP contribution in [0.1, 0.15) is 25.0 Å². The standard InChI is InChI=1S/C20H23N3O3/c1-19(12-3-7-14(21)8-4-12)17-23-16(11-24-17)25-20(2,18(23)26-19)13-5-9-15(22)10-6-13/h3-10,16-18H,11,21-22H2,1-2H3/t16-,17-,18-,19+,20-/m0/s1. The molecule has 3 aliphatic rings. The highest BCUT2D eigenvalue weighted by Gasteiger charge is 2.68. The van der Waals surface area contributed by atoms with E-state index >= 15 is 0 Å². The highest BCUT2D eigenvalue weighted by atomic mass is 16.7. The third-order valence-corrected chi connectivity index (χ3v) is 5.92. The van der Waals surface area contributed by atoms with Crippen molar-refractivity contribution in [2.45, 2.75) is 43.7 Å². The molecule has 2 aromatic carbocycles. The Hall–Kier alpha value is -2.12. The van der Waals surface area contributed by atoms with Crippen LogP contribution < -0.4 is 11.5 Å². The molecule has 6 heteroatoms. The fourth-order valence-electron chi connectivity index (χ4n) is 4.45. The van der Waals surface area contributed by atoms with E-state index in [2.05, 4.69) is 18.7 Å². The van der Waals surface area contributed by atoms with Crippen molar-refractivity contribution < 1.29 is 14.2 Å². The van der Waals surface area contributed by atoms with E-state index in [-0.39, 0.29) is 18.7 Å². The fraction of sp³-hybridized carbons (Fsp3) is 0.400. The van der Waals surface area contributed by atoms with Crippen LogP contribution in [-0.4, -0.2) is 30.2 Å². The number of nitrogens with zero attached hydrogens (tertiary/aromatic N) is 1. The van der Waals surface area contributed by atoms with Crippen molar-refractivity contribution in [3.05, 3.63) is 59.7 Å². The topological polar surface area (TPSA) is 83.0 Å². The summed E-state index contributed by atoms with van der Waals surface area (Å²) in [5.41, 5.74) is 14.1. The molecule has 5 atom stereocenters. The number of rotatable bonds is 2. The lowest BCUT2D eigenvalue weighted by molar-refractivity contribution is -0.138. The Balaban J connectivity index is 1.56. The molecule has 0 amide bonds. The maximum atomic E-state index is 6.64. The summed E-state index contributed by atoms with van der Waals surface area (Å²) in [5.74, 6) is 0. The molecule has 136 valence electrons. The van der Waals surface area contributed by atoms with Crippen LogP contribution in [0.25, 0.3) is 0 Å². The molecule has 0 spiro atoms. The third kappa shape index (κ3) is 2.01. The van der Waals surface area contributed by atoms with E-state index in [4.69, 9.17) is 25.7 Å². The average Bonchev–Trinajstić information content (AvgIpc) is 3.25. The molecule has 0 saturated carbocycles. The molecule has 2 aromatic rings. The Morgan fingerprint density at radius 1 is 0.808 bits per heavy atom. The molecular weight excluding hydrogens is 330 g/mol. The molecule has 0 radical (unpaired) electrons. The minimum atomic E-state index is -0.591. The van der Waals surface area contributed by atoms with Crippen molar-refractivity contribution in [3.8, 4) is 0 Å². The number of nitrogen functional groups attached to an aromatic ring is 2. The van der Waals surface area contributed by atoms with Gasteiger partial charge in [0, 0.05) is 11.4 Å². The number of hydrogen-bond acceptors (Lipinski definition) is 6. The van der Waals surface area contributed by atoms with Crippen molar-refractivity contribution in [3.63, 3.8) is 0 Å². The predicted molar refractivity (Wildman–Crippen MR) is 97.7 cm³/mol. The van der Waals surface area contributed by atoms with Gasteiger partial charge in [-0.1, -0.05) is 24.3 Å². The Morgan fingerprint density at radius 3 is 1.85 bits per heavy atom. The molecule has 6 nitrogen and oxygen atoms in total. The van der Waals surface area contributed by atoms with Crippen molar-refractivity contribution in [1.82, 2.24) is 4.90 Å². The lowest BCUT2D eigenvalue weighted by atomic mass is 9.93. The molecule has 0 bridgehead atoms. The van der Waals surface area contributed by atoms with Crippen molar-refractivity contribution >= 4 is 11.4 Å². The fourth-order valence-corrected chi connectivity index (χ4v) is 4.45. The third-order valence-electron chi connectivity index (χ3n) is 5.92. The molecule has 4 N–H and O–H groups in total. The largest absolute Gasteiger partial charge is 0.399 e. The second-order valence-electron chi connectivity index (χ2n) is 7.63. The smallest absolute Gasteiger partial charge is 0.149 e. The maximum absolute atomic E-state index is 6.64. The highest BCUT2D eigenvalue weighted by molar-refractivity contribution is 5.43. The van der Waals surface area contributed by atoms with Crippen LogP contribution in [0.2, 0.25) is 0 Å². The molecule has 3 fully saturated rings. The van der Waals surface area contributed by atoms with E-state index in [9.17, 15) is 0 Å². The Kier molecular flexibility index (Phi) is 3.22. The first-order valence-corrected chi connectivity index (χ1v) is 8.88. The van der Waals surface area contributed by atoms with E-state index < -0.39 is 11.2 Å². The van der Waals surface area contributed by atoms with Crippen molar-refractivity contribution in [1.29, 1.82) is 0 Å². The normalized spacial score (nSPS) is 38.6. The summed E-state index contributed by atoms with van der Waals surface area (Å²) in [6, 6.07) is 15.6. The Morgan fingerprint density at radius 2 is 1.31 bits per heavy atom. The first-order chi connectivity index (χ1) is 12.4. The van der Waals surface area contributed by atoms with Gasteiger partial charge < -0.3 is 25.7 Å². The Labute approximate surface area is 152 Å². The lowest BCUT2D eigenvalue weighted by Gasteiger charge is -2.33. The van der Waals surface area contributed by atoms with Crippen LogP contribution in [0, 0.1) is 0 Å². The van der Waals surface area contributed by atoms with Gasteiger partial charge in [-0.05, 0) is 49.2 Å². The molecule has 26 heavy (non-hydrogen) atoms. The van der Waals surface area contributed by atoms with E-state index in [1.165, 1.54) is 0 Å². The van der Waals surface area contributed by atoms with Crippen molar-refractivity contribution in [2.75, 3.05) is 18.1 Å².